The summed E-state index contributed by atoms with van der Waals surface area (Å²) in [5.74, 6) is -2.36. The predicted octanol–water partition coefficient (Wildman–Crippen LogP) is 3.22. The van der Waals surface area contributed by atoms with Crippen molar-refractivity contribution in [3.8, 4) is 5.75 Å². The van der Waals surface area contributed by atoms with Gasteiger partial charge in [0.2, 0.25) is 5.91 Å². The third-order valence-corrected chi connectivity index (χ3v) is 6.22. The van der Waals surface area contributed by atoms with Crippen LogP contribution in [0, 0.1) is 11.8 Å². The minimum Gasteiger partial charge on any atom is -0.506 e. The Labute approximate surface area is 185 Å². The van der Waals surface area contributed by atoms with Crippen LogP contribution in [-0.2, 0) is 9.53 Å². The van der Waals surface area contributed by atoms with Crippen molar-refractivity contribution in [3.05, 3.63) is 59.2 Å². The van der Waals surface area contributed by atoms with E-state index in [9.17, 15) is 24.3 Å². The highest BCUT2D eigenvalue weighted by Crippen LogP contribution is 2.35. The molecule has 0 aromatic heterocycles. The van der Waals surface area contributed by atoms with Crippen LogP contribution in [0.2, 0.25) is 0 Å². The molecule has 1 heterocycles. The smallest absolute Gasteiger partial charge is 0.337 e. The van der Waals surface area contributed by atoms with Gasteiger partial charge in [0.25, 0.3) is 11.8 Å². The van der Waals surface area contributed by atoms with Gasteiger partial charge in [0.05, 0.1) is 29.5 Å². The van der Waals surface area contributed by atoms with E-state index in [1.807, 2.05) is 0 Å². The average Bonchev–Trinajstić information content (AvgIpc) is 3.05. The van der Waals surface area contributed by atoms with E-state index in [0.717, 1.165) is 19.3 Å². The van der Waals surface area contributed by atoms with Crippen LogP contribution in [0.5, 0.6) is 5.75 Å². The molecule has 8 nitrogen and oxygen atoms in total. The molecule has 1 aliphatic heterocycles. The van der Waals surface area contributed by atoms with Crippen LogP contribution in [0.4, 0.5) is 5.69 Å². The average molecular weight is 436 g/mol. The van der Waals surface area contributed by atoms with Crippen LogP contribution in [0.25, 0.3) is 0 Å². The van der Waals surface area contributed by atoms with E-state index in [2.05, 4.69) is 10.1 Å². The lowest BCUT2D eigenvalue weighted by molar-refractivity contribution is -0.122. The monoisotopic (exact) mass is 436 g/mol. The first-order chi connectivity index (χ1) is 15.4. The standard InChI is InChI=1S/C24H24N2O6/c1-32-24(31)14-10-11-19(20(27)12-14)25-21(28)16-7-3-2-6-15(16)13-26-22(29)17-8-4-5-9-18(17)23(26)30/h4-5,8-12,15-16,27H,2-3,6-7,13H2,1H3,(H,25,28). The molecule has 4 rings (SSSR count). The Balaban J connectivity index is 1.48. The number of fused-ring (bicyclic) bond motifs is 1. The summed E-state index contributed by atoms with van der Waals surface area (Å²) in [6, 6.07) is 10.9. The summed E-state index contributed by atoms with van der Waals surface area (Å²) >= 11 is 0. The molecule has 32 heavy (non-hydrogen) atoms. The Morgan fingerprint density at radius 2 is 1.72 bits per heavy atom. The normalized spacial score (nSPS) is 20.1. The number of nitrogens with one attached hydrogen (secondary N) is 1. The molecule has 2 atom stereocenters. The fourth-order valence-electron chi connectivity index (χ4n) is 4.52. The number of anilines is 1. The maximum absolute atomic E-state index is 13.1. The number of carbonyl (C=O) groups excluding carboxylic acids is 4. The van der Waals surface area contributed by atoms with E-state index in [0.29, 0.717) is 17.5 Å². The number of phenolic OH excluding ortho intramolecular Hbond substituents is 1. The molecule has 166 valence electrons. The van der Waals surface area contributed by atoms with Crippen molar-refractivity contribution in [2.24, 2.45) is 11.8 Å². The highest BCUT2D eigenvalue weighted by Gasteiger charge is 2.40. The van der Waals surface area contributed by atoms with E-state index < -0.39 is 11.9 Å². The van der Waals surface area contributed by atoms with Gasteiger partial charge >= 0.3 is 5.97 Å². The predicted molar refractivity (Wildman–Crippen MR) is 115 cm³/mol. The summed E-state index contributed by atoms with van der Waals surface area (Å²) in [6.45, 7) is 0.178. The van der Waals surface area contributed by atoms with Crippen molar-refractivity contribution in [1.29, 1.82) is 0 Å². The quantitative estimate of drug-likeness (QED) is 0.423. The number of benzene rings is 2. The lowest BCUT2D eigenvalue weighted by atomic mass is 9.78. The number of aromatic hydroxyl groups is 1. The van der Waals surface area contributed by atoms with E-state index in [-0.39, 0.29) is 47.2 Å². The van der Waals surface area contributed by atoms with E-state index in [1.54, 1.807) is 24.3 Å². The maximum atomic E-state index is 13.1. The first-order valence-electron chi connectivity index (χ1n) is 10.6. The van der Waals surface area contributed by atoms with Crippen LogP contribution in [0.15, 0.2) is 42.5 Å². The number of esters is 1. The molecule has 2 aliphatic rings. The van der Waals surface area contributed by atoms with Gasteiger partial charge in [-0.1, -0.05) is 25.0 Å². The third kappa shape index (κ3) is 3.95. The lowest BCUT2D eigenvalue weighted by Crippen LogP contribution is -2.41. The molecule has 2 aromatic rings. The Bertz CT molecular complexity index is 1060. The number of hydrogen-bond donors (Lipinski definition) is 2. The number of nitrogens with zero attached hydrogens (tertiary/aromatic N) is 1. The van der Waals surface area contributed by atoms with Gasteiger partial charge in [0.15, 0.2) is 0 Å². The Morgan fingerprint density at radius 3 is 2.34 bits per heavy atom. The topological polar surface area (TPSA) is 113 Å². The minimum atomic E-state index is -0.591. The van der Waals surface area contributed by atoms with Crippen LogP contribution in [-0.4, -0.2) is 47.4 Å². The first-order valence-corrected chi connectivity index (χ1v) is 10.6. The van der Waals surface area contributed by atoms with Gasteiger partial charge in [-0.3, -0.25) is 19.3 Å². The Kier molecular flexibility index (Phi) is 5.94. The molecule has 8 heteroatoms. The number of ether oxygens (including phenoxy) is 1. The molecule has 0 bridgehead atoms. The maximum Gasteiger partial charge on any atom is 0.337 e. The summed E-state index contributed by atoms with van der Waals surface area (Å²) in [4.78, 5) is 51.4. The fraction of sp³-hybridized carbons (Fsp3) is 0.333. The number of carbonyl (C=O) groups is 4. The molecule has 2 unspecified atom stereocenters. The van der Waals surface area contributed by atoms with Gasteiger partial charge in [0, 0.05) is 12.5 Å². The van der Waals surface area contributed by atoms with Gasteiger partial charge < -0.3 is 15.2 Å². The summed E-state index contributed by atoms with van der Waals surface area (Å²) < 4.78 is 4.63. The summed E-state index contributed by atoms with van der Waals surface area (Å²) in [7, 11) is 1.24. The molecule has 2 N–H and O–H groups in total. The molecule has 1 saturated carbocycles. The molecule has 1 aliphatic carbocycles. The number of hydrogen-bond acceptors (Lipinski definition) is 6. The number of imide groups is 1. The second-order valence-electron chi connectivity index (χ2n) is 8.13. The second kappa shape index (κ2) is 8.82. The largest absolute Gasteiger partial charge is 0.506 e. The number of amides is 3. The molecular weight excluding hydrogens is 412 g/mol. The summed E-state index contributed by atoms with van der Waals surface area (Å²) in [5, 5.41) is 13.0. The number of phenols is 1. The summed E-state index contributed by atoms with van der Waals surface area (Å²) in [5.41, 5.74) is 1.15. The fourth-order valence-corrected chi connectivity index (χ4v) is 4.52. The van der Waals surface area contributed by atoms with Crippen molar-refractivity contribution < 1.29 is 29.0 Å². The first kappa shape index (κ1) is 21.5. The zero-order chi connectivity index (χ0) is 22.8. The van der Waals surface area contributed by atoms with Crippen LogP contribution in [0.3, 0.4) is 0 Å². The molecular formula is C24H24N2O6. The second-order valence-corrected chi connectivity index (χ2v) is 8.13. The molecule has 1 fully saturated rings. The number of rotatable bonds is 5. The molecule has 0 saturated heterocycles. The van der Waals surface area contributed by atoms with E-state index >= 15 is 0 Å². The Hall–Kier alpha value is -3.68. The van der Waals surface area contributed by atoms with Gasteiger partial charge in [-0.05, 0) is 49.1 Å². The molecule has 2 aromatic carbocycles. The van der Waals surface area contributed by atoms with Crippen LogP contribution in [0.1, 0.15) is 56.8 Å². The molecule has 0 spiro atoms. The van der Waals surface area contributed by atoms with Gasteiger partial charge in [-0.15, -0.1) is 0 Å². The van der Waals surface area contributed by atoms with Gasteiger partial charge in [0.1, 0.15) is 5.75 Å². The molecule has 3 amide bonds. The number of methoxy groups -OCH3 is 1. The highest BCUT2D eigenvalue weighted by molar-refractivity contribution is 6.21. The Morgan fingerprint density at radius 1 is 1.06 bits per heavy atom. The van der Waals surface area contributed by atoms with Gasteiger partial charge in [-0.2, -0.15) is 0 Å². The van der Waals surface area contributed by atoms with E-state index in [1.165, 1.54) is 30.2 Å². The zero-order valence-corrected chi connectivity index (χ0v) is 17.7. The van der Waals surface area contributed by atoms with Crippen molar-refractivity contribution in [2.75, 3.05) is 19.0 Å². The van der Waals surface area contributed by atoms with Crippen LogP contribution < -0.4 is 5.32 Å². The van der Waals surface area contributed by atoms with Crippen molar-refractivity contribution in [1.82, 2.24) is 4.90 Å². The summed E-state index contributed by atoms with van der Waals surface area (Å²) in [6.07, 6.45) is 3.13. The van der Waals surface area contributed by atoms with Crippen molar-refractivity contribution in [3.63, 3.8) is 0 Å². The molecule has 0 radical (unpaired) electrons. The lowest BCUT2D eigenvalue weighted by Gasteiger charge is -2.32. The highest BCUT2D eigenvalue weighted by atomic mass is 16.5. The van der Waals surface area contributed by atoms with Crippen molar-refractivity contribution in [2.45, 2.75) is 25.7 Å². The SMILES string of the molecule is COC(=O)c1ccc(NC(=O)C2CCCCC2CN2C(=O)c3ccccc3C2=O)c(O)c1. The van der Waals surface area contributed by atoms with Crippen molar-refractivity contribution >= 4 is 29.4 Å². The zero-order valence-electron chi connectivity index (χ0n) is 17.7. The minimum absolute atomic E-state index is 0.171. The third-order valence-electron chi connectivity index (χ3n) is 6.22. The van der Waals surface area contributed by atoms with E-state index in [4.69, 9.17) is 0 Å². The van der Waals surface area contributed by atoms with Gasteiger partial charge in [-0.25, -0.2) is 4.79 Å². The van der Waals surface area contributed by atoms with Crippen LogP contribution >= 0.6 is 0 Å².